The highest BCUT2D eigenvalue weighted by molar-refractivity contribution is 7.84. The maximum Gasteiger partial charge on any atom is 0.237 e. The van der Waals surface area contributed by atoms with Gasteiger partial charge in [0.2, 0.25) is 11.8 Å². The van der Waals surface area contributed by atoms with E-state index in [0.29, 0.717) is 28.6 Å². The minimum absolute atomic E-state index is 0.122. The molecule has 3 rings (SSSR count). The van der Waals surface area contributed by atoms with Crippen molar-refractivity contribution in [3.63, 3.8) is 0 Å². The smallest absolute Gasteiger partial charge is 0.237 e. The number of carbonyl (C=O) groups is 1. The van der Waals surface area contributed by atoms with Gasteiger partial charge in [-0.1, -0.05) is 17.7 Å². The zero-order valence-electron chi connectivity index (χ0n) is 15.9. The number of aryl methyl sites for hydroxylation is 3. The maximum absolute atomic E-state index is 13.1. The topological polar surface area (TPSA) is 72.2 Å². The van der Waals surface area contributed by atoms with Crippen molar-refractivity contribution in [1.82, 2.24) is 4.98 Å². The van der Waals surface area contributed by atoms with E-state index in [1.807, 2.05) is 31.2 Å². The molecule has 5 nitrogen and oxygen atoms in total. The SMILES string of the molecule is Cc1ccc(-c2nc(C[S@@](=O)CC(=O)Nc3ccc(F)cc3C)c(C)o2)cc1. The standard InChI is InChI=1S/C21H21FN2O3S/c1-13-4-6-16(7-5-13)21-24-19(15(3)27-21)11-28(26)12-20(25)23-18-9-8-17(22)10-14(18)2/h4-10H,11-12H2,1-3H3,(H,23,25)/t28-/m1/s1. The van der Waals surface area contributed by atoms with Gasteiger partial charge in [0.15, 0.2) is 0 Å². The lowest BCUT2D eigenvalue weighted by molar-refractivity contribution is -0.113. The maximum atomic E-state index is 13.1. The van der Waals surface area contributed by atoms with Gasteiger partial charge in [-0.2, -0.15) is 0 Å². The number of nitrogens with one attached hydrogen (secondary N) is 1. The minimum atomic E-state index is -1.45. The van der Waals surface area contributed by atoms with Crippen molar-refractivity contribution in [1.29, 1.82) is 0 Å². The molecular formula is C21H21FN2O3S. The van der Waals surface area contributed by atoms with Crippen LogP contribution in [0.15, 0.2) is 46.9 Å². The molecule has 0 radical (unpaired) electrons. The number of rotatable bonds is 6. The second kappa shape index (κ2) is 8.48. The molecule has 1 heterocycles. The lowest BCUT2D eigenvalue weighted by Crippen LogP contribution is -2.21. The third-order valence-corrected chi connectivity index (χ3v) is 5.42. The summed E-state index contributed by atoms with van der Waals surface area (Å²) in [5, 5.41) is 2.66. The summed E-state index contributed by atoms with van der Waals surface area (Å²) in [5.74, 6) is 0.229. The first-order chi connectivity index (χ1) is 13.3. The summed E-state index contributed by atoms with van der Waals surface area (Å²) in [6.45, 7) is 5.46. The van der Waals surface area contributed by atoms with E-state index in [1.54, 1.807) is 13.8 Å². The number of carbonyl (C=O) groups excluding carboxylic acids is 1. The number of anilines is 1. The lowest BCUT2D eigenvalue weighted by atomic mass is 10.1. The molecule has 7 heteroatoms. The van der Waals surface area contributed by atoms with E-state index in [0.717, 1.165) is 11.1 Å². The monoisotopic (exact) mass is 400 g/mol. The third-order valence-electron chi connectivity index (χ3n) is 4.24. The summed E-state index contributed by atoms with van der Waals surface area (Å²) in [7, 11) is -1.45. The Hall–Kier alpha value is -2.80. The number of oxazole rings is 1. The normalized spacial score (nSPS) is 12.0. The van der Waals surface area contributed by atoms with Crippen LogP contribution in [-0.4, -0.2) is 20.9 Å². The summed E-state index contributed by atoms with van der Waals surface area (Å²) >= 11 is 0. The molecule has 0 unspecified atom stereocenters. The third kappa shape index (κ3) is 4.92. The summed E-state index contributed by atoms with van der Waals surface area (Å²) in [6.07, 6.45) is 0. The van der Waals surface area contributed by atoms with Gasteiger partial charge in [0.1, 0.15) is 17.3 Å². The van der Waals surface area contributed by atoms with Crippen LogP contribution in [-0.2, 0) is 21.3 Å². The van der Waals surface area contributed by atoms with Crippen LogP contribution in [0.3, 0.4) is 0 Å². The van der Waals surface area contributed by atoms with Crippen LogP contribution in [0.4, 0.5) is 10.1 Å². The Labute approximate surface area is 165 Å². The van der Waals surface area contributed by atoms with Crippen LogP contribution in [0.5, 0.6) is 0 Å². The van der Waals surface area contributed by atoms with Crippen LogP contribution in [0, 0.1) is 26.6 Å². The highest BCUT2D eigenvalue weighted by Crippen LogP contribution is 2.23. The number of hydrogen-bond acceptors (Lipinski definition) is 4. The summed E-state index contributed by atoms with van der Waals surface area (Å²) in [5.41, 5.74) is 3.66. The highest BCUT2D eigenvalue weighted by Gasteiger charge is 2.16. The van der Waals surface area contributed by atoms with E-state index in [9.17, 15) is 13.4 Å². The average Bonchev–Trinajstić information content (AvgIpc) is 2.98. The van der Waals surface area contributed by atoms with E-state index in [1.165, 1.54) is 18.2 Å². The molecule has 1 N–H and O–H groups in total. The second-order valence-electron chi connectivity index (χ2n) is 6.62. The number of halogens is 1. The molecule has 1 aromatic heterocycles. The fourth-order valence-electron chi connectivity index (χ4n) is 2.68. The first-order valence-electron chi connectivity index (χ1n) is 8.76. The number of amides is 1. The van der Waals surface area contributed by atoms with Crippen LogP contribution in [0.1, 0.15) is 22.6 Å². The van der Waals surface area contributed by atoms with E-state index in [2.05, 4.69) is 10.3 Å². The largest absolute Gasteiger partial charge is 0.441 e. The summed E-state index contributed by atoms with van der Waals surface area (Å²) in [6, 6.07) is 11.9. The minimum Gasteiger partial charge on any atom is -0.441 e. The molecule has 28 heavy (non-hydrogen) atoms. The van der Waals surface area contributed by atoms with E-state index in [4.69, 9.17) is 4.42 Å². The van der Waals surface area contributed by atoms with Crippen molar-refractivity contribution in [3.05, 3.63) is 70.9 Å². The molecule has 0 spiro atoms. The second-order valence-corrected chi connectivity index (χ2v) is 8.08. The van der Waals surface area contributed by atoms with Gasteiger partial charge in [0.25, 0.3) is 0 Å². The molecule has 0 saturated heterocycles. The quantitative estimate of drug-likeness (QED) is 0.670. The van der Waals surface area contributed by atoms with Gasteiger partial charge in [-0.25, -0.2) is 9.37 Å². The molecule has 0 aliphatic carbocycles. The predicted molar refractivity (Wildman–Crippen MR) is 108 cm³/mol. The van der Waals surface area contributed by atoms with Crippen LogP contribution >= 0.6 is 0 Å². The Balaban J connectivity index is 1.63. The number of hydrogen-bond donors (Lipinski definition) is 1. The zero-order valence-corrected chi connectivity index (χ0v) is 16.7. The molecule has 1 amide bonds. The molecule has 146 valence electrons. The zero-order chi connectivity index (χ0) is 20.3. The molecule has 3 aromatic rings. The van der Waals surface area contributed by atoms with Crippen molar-refractivity contribution in [2.45, 2.75) is 26.5 Å². The fourth-order valence-corrected chi connectivity index (χ4v) is 3.72. The summed E-state index contributed by atoms with van der Waals surface area (Å²) < 4.78 is 31.2. The Bertz CT molecular complexity index is 1030. The first kappa shape index (κ1) is 19.9. The average molecular weight is 400 g/mol. The molecule has 0 aliphatic heterocycles. The van der Waals surface area contributed by atoms with E-state index in [-0.39, 0.29) is 17.3 Å². The van der Waals surface area contributed by atoms with Gasteiger partial charge in [-0.15, -0.1) is 0 Å². The molecule has 0 aliphatic rings. The van der Waals surface area contributed by atoms with E-state index < -0.39 is 16.7 Å². The van der Waals surface area contributed by atoms with Gasteiger partial charge < -0.3 is 9.73 Å². The Kier molecular flexibility index (Phi) is 6.04. The number of nitrogens with zero attached hydrogens (tertiary/aromatic N) is 1. The summed E-state index contributed by atoms with van der Waals surface area (Å²) in [4.78, 5) is 16.6. The van der Waals surface area contributed by atoms with Crippen LogP contribution < -0.4 is 5.32 Å². The first-order valence-corrected chi connectivity index (χ1v) is 10.2. The van der Waals surface area contributed by atoms with Gasteiger partial charge >= 0.3 is 0 Å². The molecular weight excluding hydrogens is 379 g/mol. The predicted octanol–water partition coefficient (Wildman–Crippen LogP) is 4.29. The number of aromatic nitrogens is 1. The van der Waals surface area contributed by atoms with Crippen molar-refractivity contribution in [3.8, 4) is 11.5 Å². The van der Waals surface area contributed by atoms with Crippen LogP contribution in [0.25, 0.3) is 11.5 Å². The Morgan fingerprint density at radius 2 is 1.86 bits per heavy atom. The number of benzene rings is 2. The molecule has 0 saturated carbocycles. The lowest BCUT2D eigenvalue weighted by Gasteiger charge is -2.08. The van der Waals surface area contributed by atoms with Crippen molar-refractivity contribution in [2.75, 3.05) is 11.1 Å². The van der Waals surface area contributed by atoms with Crippen molar-refractivity contribution >= 4 is 22.4 Å². The van der Waals surface area contributed by atoms with Crippen molar-refractivity contribution < 1.29 is 17.8 Å². The van der Waals surface area contributed by atoms with Gasteiger partial charge in [-0.05, 0) is 56.7 Å². The van der Waals surface area contributed by atoms with Crippen LogP contribution in [0.2, 0.25) is 0 Å². The van der Waals surface area contributed by atoms with Gasteiger partial charge in [0, 0.05) is 22.1 Å². The molecule has 2 aromatic carbocycles. The highest BCUT2D eigenvalue weighted by atomic mass is 32.2. The van der Waals surface area contributed by atoms with E-state index >= 15 is 0 Å². The molecule has 0 fully saturated rings. The Morgan fingerprint density at radius 1 is 1.14 bits per heavy atom. The fraction of sp³-hybridized carbons (Fsp3) is 0.238. The molecule has 1 atom stereocenters. The van der Waals surface area contributed by atoms with Gasteiger partial charge in [0.05, 0.1) is 11.4 Å². The Morgan fingerprint density at radius 3 is 2.54 bits per heavy atom. The van der Waals surface area contributed by atoms with Crippen molar-refractivity contribution in [2.24, 2.45) is 0 Å². The van der Waals surface area contributed by atoms with Gasteiger partial charge in [-0.3, -0.25) is 9.00 Å². The molecule has 0 bridgehead atoms.